The van der Waals surface area contributed by atoms with Crippen molar-refractivity contribution in [3.05, 3.63) is 65.2 Å². The summed E-state index contributed by atoms with van der Waals surface area (Å²) in [5, 5.41) is 0. The fourth-order valence-electron chi connectivity index (χ4n) is 3.06. The Morgan fingerprint density at radius 1 is 1.17 bits per heavy atom. The summed E-state index contributed by atoms with van der Waals surface area (Å²) in [6.45, 7) is 2.07. The van der Waals surface area contributed by atoms with E-state index in [1.165, 1.54) is 5.56 Å². The van der Waals surface area contributed by atoms with Gasteiger partial charge in [-0.05, 0) is 41.8 Å². The molecule has 0 spiro atoms. The first kappa shape index (κ1) is 18.3. The molecule has 24 heavy (non-hydrogen) atoms. The zero-order chi connectivity index (χ0) is 16.2. The van der Waals surface area contributed by atoms with Crippen LogP contribution in [-0.4, -0.2) is 31.0 Å². The Morgan fingerprint density at radius 3 is 2.42 bits per heavy atom. The van der Waals surface area contributed by atoms with Gasteiger partial charge in [-0.2, -0.15) is 0 Å². The number of hydrogen-bond donors (Lipinski definition) is 1. The molecule has 1 fully saturated rings. The van der Waals surface area contributed by atoms with Crippen LogP contribution in [-0.2, 0) is 6.54 Å². The molecule has 1 atom stereocenters. The van der Waals surface area contributed by atoms with Crippen molar-refractivity contribution in [3.63, 3.8) is 0 Å². The minimum Gasteiger partial charge on any atom is -0.497 e. The minimum absolute atomic E-state index is 0. The highest BCUT2D eigenvalue weighted by Crippen LogP contribution is 2.29. The molecule has 0 radical (unpaired) electrons. The Labute approximate surface area is 149 Å². The van der Waals surface area contributed by atoms with E-state index in [4.69, 9.17) is 10.5 Å². The largest absolute Gasteiger partial charge is 0.497 e. The van der Waals surface area contributed by atoms with E-state index in [0.29, 0.717) is 12.5 Å². The van der Waals surface area contributed by atoms with Crippen molar-refractivity contribution >= 4 is 18.3 Å². The first-order valence-electron chi connectivity index (χ1n) is 7.93. The second kappa shape index (κ2) is 8.18. The summed E-state index contributed by atoms with van der Waals surface area (Å²) < 4.78 is 5.19. The first-order valence-corrected chi connectivity index (χ1v) is 7.93. The quantitative estimate of drug-likeness (QED) is 0.924. The van der Waals surface area contributed by atoms with Gasteiger partial charge in [0.2, 0.25) is 0 Å². The average Bonchev–Trinajstić information content (AvgIpc) is 3.11. The molecule has 1 heterocycles. The molecule has 1 amide bonds. The monoisotopic (exact) mass is 346 g/mol. The maximum atomic E-state index is 12.6. The van der Waals surface area contributed by atoms with Crippen LogP contribution in [0.1, 0.15) is 33.8 Å². The SMILES string of the molecule is COc1ccc(C2CCN(C(=O)c3ccc(CN)cc3)C2)cc1.Cl. The van der Waals surface area contributed by atoms with Crippen LogP contribution < -0.4 is 10.5 Å². The number of hydrogen-bond acceptors (Lipinski definition) is 3. The molecule has 2 N–H and O–H groups in total. The summed E-state index contributed by atoms with van der Waals surface area (Å²) in [6.07, 6.45) is 0.999. The van der Waals surface area contributed by atoms with Crippen molar-refractivity contribution < 1.29 is 9.53 Å². The van der Waals surface area contributed by atoms with E-state index in [-0.39, 0.29) is 18.3 Å². The standard InChI is InChI=1S/C19H22N2O2.ClH/c1-23-18-8-6-15(7-9-18)17-10-11-21(13-17)19(22)16-4-2-14(12-20)3-5-16;/h2-9,17H,10-13,20H2,1H3;1H. The van der Waals surface area contributed by atoms with Crippen LogP contribution in [0.5, 0.6) is 5.75 Å². The molecule has 128 valence electrons. The van der Waals surface area contributed by atoms with E-state index in [0.717, 1.165) is 36.4 Å². The number of carbonyl (C=O) groups excluding carboxylic acids is 1. The maximum absolute atomic E-state index is 12.6. The molecule has 2 aromatic rings. The number of ether oxygens (including phenoxy) is 1. The van der Waals surface area contributed by atoms with E-state index in [1.807, 2.05) is 41.3 Å². The molecular weight excluding hydrogens is 324 g/mol. The summed E-state index contributed by atoms with van der Waals surface area (Å²) in [5.41, 5.74) is 8.64. The molecule has 0 bridgehead atoms. The van der Waals surface area contributed by atoms with Crippen LogP contribution in [0.3, 0.4) is 0 Å². The highest BCUT2D eigenvalue weighted by Gasteiger charge is 2.27. The van der Waals surface area contributed by atoms with E-state index >= 15 is 0 Å². The third kappa shape index (κ3) is 3.89. The van der Waals surface area contributed by atoms with Crippen molar-refractivity contribution in [2.45, 2.75) is 18.9 Å². The number of rotatable bonds is 4. The number of nitrogens with two attached hydrogens (primary N) is 1. The molecule has 4 nitrogen and oxygen atoms in total. The third-order valence-corrected chi connectivity index (χ3v) is 4.50. The smallest absolute Gasteiger partial charge is 0.253 e. The molecular formula is C19H23ClN2O2. The molecule has 0 aromatic heterocycles. The first-order chi connectivity index (χ1) is 11.2. The molecule has 0 aliphatic carbocycles. The molecule has 5 heteroatoms. The van der Waals surface area contributed by atoms with Crippen LogP contribution in [0.4, 0.5) is 0 Å². The van der Waals surface area contributed by atoms with Crippen molar-refractivity contribution in [3.8, 4) is 5.75 Å². The van der Waals surface area contributed by atoms with Gasteiger partial charge < -0.3 is 15.4 Å². The predicted molar refractivity (Wildman–Crippen MR) is 97.8 cm³/mol. The van der Waals surface area contributed by atoms with Gasteiger partial charge in [-0.25, -0.2) is 0 Å². The summed E-state index contributed by atoms with van der Waals surface area (Å²) in [7, 11) is 1.67. The van der Waals surface area contributed by atoms with Crippen LogP contribution in [0, 0.1) is 0 Å². The molecule has 1 unspecified atom stereocenters. The minimum atomic E-state index is 0. The van der Waals surface area contributed by atoms with E-state index < -0.39 is 0 Å². The van der Waals surface area contributed by atoms with Gasteiger partial charge in [0.15, 0.2) is 0 Å². The van der Waals surface area contributed by atoms with Gasteiger partial charge in [0.25, 0.3) is 5.91 Å². The highest BCUT2D eigenvalue weighted by molar-refractivity contribution is 5.94. The number of benzene rings is 2. The van der Waals surface area contributed by atoms with Gasteiger partial charge in [0.1, 0.15) is 5.75 Å². The predicted octanol–water partition coefficient (Wildman–Crippen LogP) is 3.21. The van der Waals surface area contributed by atoms with Crippen molar-refractivity contribution in [1.29, 1.82) is 0 Å². The lowest BCUT2D eigenvalue weighted by Crippen LogP contribution is -2.28. The zero-order valence-electron chi connectivity index (χ0n) is 13.8. The number of carbonyl (C=O) groups is 1. The average molecular weight is 347 g/mol. The van der Waals surface area contributed by atoms with Crippen LogP contribution in [0.2, 0.25) is 0 Å². The lowest BCUT2D eigenvalue weighted by molar-refractivity contribution is 0.0791. The van der Waals surface area contributed by atoms with Gasteiger partial charge in [0, 0.05) is 31.1 Å². The Hall–Kier alpha value is -2.04. The molecule has 1 saturated heterocycles. The third-order valence-electron chi connectivity index (χ3n) is 4.50. The molecule has 0 saturated carbocycles. The number of methoxy groups -OCH3 is 1. The summed E-state index contributed by atoms with van der Waals surface area (Å²) in [4.78, 5) is 14.5. The Morgan fingerprint density at radius 2 is 1.83 bits per heavy atom. The Balaban J connectivity index is 0.00000208. The fourth-order valence-corrected chi connectivity index (χ4v) is 3.06. The number of halogens is 1. The van der Waals surface area contributed by atoms with E-state index in [1.54, 1.807) is 7.11 Å². The molecule has 2 aromatic carbocycles. The molecule has 1 aliphatic heterocycles. The van der Waals surface area contributed by atoms with Crippen molar-refractivity contribution in [2.24, 2.45) is 5.73 Å². The second-order valence-electron chi connectivity index (χ2n) is 5.91. The lowest BCUT2D eigenvalue weighted by Gasteiger charge is -2.17. The second-order valence-corrected chi connectivity index (χ2v) is 5.91. The van der Waals surface area contributed by atoms with Crippen LogP contribution in [0.25, 0.3) is 0 Å². The number of amides is 1. The summed E-state index contributed by atoms with van der Waals surface area (Å²) >= 11 is 0. The lowest BCUT2D eigenvalue weighted by atomic mass is 9.98. The summed E-state index contributed by atoms with van der Waals surface area (Å²) in [5.74, 6) is 1.36. The topological polar surface area (TPSA) is 55.6 Å². The molecule has 3 rings (SSSR count). The van der Waals surface area contributed by atoms with Crippen LogP contribution >= 0.6 is 12.4 Å². The van der Waals surface area contributed by atoms with E-state index in [2.05, 4.69) is 12.1 Å². The maximum Gasteiger partial charge on any atom is 0.253 e. The Kier molecular flexibility index (Phi) is 6.23. The molecule has 1 aliphatic rings. The van der Waals surface area contributed by atoms with Crippen LogP contribution in [0.15, 0.2) is 48.5 Å². The van der Waals surface area contributed by atoms with Crippen molar-refractivity contribution in [1.82, 2.24) is 4.90 Å². The van der Waals surface area contributed by atoms with Gasteiger partial charge in [-0.15, -0.1) is 12.4 Å². The van der Waals surface area contributed by atoms with Gasteiger partial charge in [0.05, 0.1) is 7.11 Å². The van der Waals surface area contributed by atoms with Gasteiger partial charge in [-0.3, -0.25) is 4.79 Å². The highest BCUT2D eigenvalue weighted by atomic mass is 35.5. The number of likely N-dealkylation sites (tertiary alicyclic amines) is 1. The van der Waals surface area contributed by atoms with Crippen molar-refractivity contribution in [2.75, 3.05) is 20.2 Å². The normalized spacial score (nSPS) is 16.6. The van der Waals surface area contributed by atoms with Gasteiger partial charge in [-0.1, -0.05) is 24.3 Å². The Bertz CT molecular complexity index is 671. The van der Waals surface area contributed by atoms with Gasteiger partial charge >= 0.3 is 0 Å². The fraction of sp³-hybridized carbons (Fsp3) is 0.316. The number of nitrogens with zero attached hydrogens (tertiary/aromatic N) is 1. The zero-order valence-corrected chi connectivity index (χ0v) is 14.6. The summed E-state index contributed by atoms with van der Waals surface area (Å²) in [6, 6.07) is 15.7. The van der Waals surface area contributed by atoms with E-state index in [9.17, 15) is 4.79 Å².